The predicted molar refractivity (Wildman–Crippen MR) is 102 cm³/mol. The average Bonchev–Trinajstić information content (AvgIpc) is 2.97. The van der Waals surface area contributed by atoms with Crippen LogP contribution in [0.15, 0.2) is 23.4 Å². The van der Waals surface area contributed by atoms with Gasteiger partial charge in [-0.15, -0.1) is 10.2 Å². The number of carbonyl (C=O) groups excluding carboxylic acids is 1. The van der Waals surface area contributed by atoms with Crippen LogP contribution in [0, 0.1) is 20.8 Å². The van der Waals surface area contributed by atoms with Gasteiger partial charge < -0.3 is 9.88 Å². The first-order chi connectivity index (χ1) is 12.0. The van der Waals surface area contributed by atoms with E-state index in [0.717, 1.165) is 22.2 Å². The van der Waals surface area contributed by atoms with E-state index in [1.165, 1.54) is 49.4 Å². The molecule has 0 atom stereocenters. The molecule has 1 N–H and O–H groups in total. The Balaban J connectivity index is 1.62. The van der Waals surface area contributed by atoms with Crippen molar-refractivity contribution in [2.24, 2.45) is 0 Å². The third-order valence-electron chi connectivity index (χ3n) is 4.76. The number of rotatable bonds is 5. The fraction of sp³-hybridized carbons (Fsp3) is 0.526. The van der Waals surface area contributed by atoms with E-state index in [1.54, 1.807) is 0 Å². The summed E-state index contributed by atoms with van der Waals surface area (Å²) in [6.07, 6.45) is 6.21. The number of carbonyl (C=O) groups is 1. The monoisotopic (exact) mass is 358 g/mol. The number of nitrogens with one attached hydrogen (secondary N) is 1. The van der Waals surface area contributed by atoms with Crippen LogP contribution >= 0.6 is 11.8 Å². The number of amides is 1. The molecule has 25 heavy (non-hydrogen) atoms. The highest BCUT2D eigenvalue weighted by Crippen LogP contribution is 2.32. The van der Waals surface area contributed by atoms with Crippen LogP contribution in [0.3, 0.4) is 0 Å². The number of thioether (sulfide) groups is 1. The molecule has 1 aliphatic carbocycles. The molecule has 134 valence electrons. The van der Waals surface area contributed by atoms with E-state index in [4.69, 9.17) is 0 Å². The molecule has 6 heteroatoms. The Kier molecular flexibility index (Phi) is 5.78. The molecule has 5 nitrogen and oxygen atoms in total. The Morgan fingerprint density at radius 2 is 1.96 bits per heavy atom. The summed E-state index contributed by atoms with van der Waals surface area (Å²) in [5.74, 6) is 1.29. The van der Waals surface area contributed by atoms with Crippen LogP contribution in [0.2, 0.25) is 0 Å². The first-order valence-corrected chi connectivity index (χ1v) is 9.94. The van der Waals surface area contributed by atoms with Crippen LogP contribution in [0.4, 0.5) is 5.69 Å². The SMILES string of the molecule is Cc1ccc(NC(=O)CSc2nnc(C)n2C2CCCCC2)c(C)c1. The Bertz CT molecular complexity index is 750. The van der Waals surface area contributed by atoms with Crippen molar-refractivity contribution in [3.8, 4) is 0 Å². The smallest absolute Gasteiger partial charge is 0.234 e. The average molecular weight is 359 g/mol. The van der Waals surface area contributed by atoms with Crippen LogP contribution in [0.25, 0.3) is 0 Å². The molecule has 0 unspecified atom stereocenters. The number of aromatic nitrogens is 3. The van der Waals surface area contributed by atoms with Crippen molar-refractivity contribution in [2.75, 3.05) is 11.1 Å². The normalized spacial score (nSPS) is 15.3. The summed E-state index contributed by atoms with van der Waals surface area (Å²) in [7, 11) is 0. The summed E-state index contributed by atoms with van der Waals surface area (Å²) in [6.45, 7) is 6.06. The third kappa shape index (κ3) is 4.42. The fourth-order valence-electron chi connectivity index (χ4n) is 3.48. The first-order valence-electron chi connectivity index (χ1n) is 8.96. The maximum atomic E-state index is 12.3. The second-order valence-corrected chi connectivity index (χ2v) is 7.79. The summed E-state index contributed by atoms with van der Waals surface area (Å²) in [5, 5.41) is 12.4. The van der Waals surface area contributed by atoms with E-state index < -0.39 is 0 Å². The van der Waals surface area contributed by atoms with Crippen molar-refractivity contribution >= 4 is 23.4 Å². The molecule has 1 aromatic carbocycles. The van der Waals surface area contributed by atoms with Crippen LogP contribution in [-0.4, -0.2) is 26.4 Å². The van der Waals surface area contributed by atoms with Crippen LogP contribution in [-0.2, 0) is 4.79 Å². The Morgan fingerprint density at radius 3 is 2.68 bits per heavy atom. The van der Waals surface area contributed by atoms with Crippen molar-refractivity contribution in [1.29, 1.82) is 0 Å². The van der Waals surface area contributed by atoms with E-state index in [2.05, 4.69) is 33.1 Å². The summed E-state index contributed by atoms with van der Waals surface area (Å²) in [5.41, 5.74) is 3.15. The van der Waals surface area contributed by atoms with Gasteiger partial charge in [-0.25, -0.2) is 0 Å². The second-order valence-electron chi connectivity index (χ2n) is 6.85. The summed E-state index contributed by atoms with van der Waals surface area (Å²) >= 11 is 1.48. The van der Waals surface area contributed by atoms with Gasteiger partial charge in [0, 0.05) is 11.7 Å². The second kappa shape index (κ2) is 8.04. The molecule has 2 aromatic rings. The van der Waals surface area contributed by atoms with Gasteiger partial charge in [0.1, 0.15) is 5.82 Å². The van der Waals surface area contributed by atoms with E-state index in [1.807, 2.05) is 26.0 Å². The zero-order valence-corrected chi connectivity index (χ0v) is 16.0. The van der Waals surface area contributed by atoms with E-state index in [-0.39, 0.29) is 5.91 Å². The molecule has 3 rings (SSSR count). The number of anilines is 1. The molecule has 0 radical (unpaired) electrons. The number of benzene rings is 1. The molecule has 0 aliphatic heterocycles. The topological polar surface area (TPSA) is 59.8 Å². The Hall–Kier alpha value is -1.82. The zero-order valence-electron chi connectivity index (χ0n) is 15.2. The van der Waals surface area contributed by atoms with Gasteiger partial charge in [0.05, 0.1) is 5.75 Å². The Morgan fingerprint density at radius 1 is 1.20 bits per heavy atom. The van der Waals surface area contributed by atoms with Crippen molar-refractivity contribution in [1.82, 2.24) is 14.8 Å². The van der Waals surface area contributed by atoms with Gasteiger partial charge in [-0.3, -0.25) is 4.79 Å². The molecule has 1 fully saturated rings. The lowest BCUT2D eigenvalue weighted by Crippen LogP contribution is -2.17. The lowest BCUT2D eigenvalue weighted by Gasteiger charge is -2.24. The van der Waals surface area contributed by atoms with E-state index in [0.29, 0.717) is 11.8 Å². The van der Waals surface area contributed by atoms with Crippen molar-refractivity contribution in [3.05, 3.63) is 35.2 Å². The van der Waals surface area contributed by atoms with Gasteiger partial charge >= 0.3 is 0 Å². The third-order valence-corrected chi connectivity index (χ3v) is 5.71. The van der Waals surface area contributed by atoms with Crippen LogP contribution in [0.5, 0.6) is 0 Å². The maximum Gasteiger partial charge on any atom is 0.234 e. The van der Waals surface area contributed by atoms with E-state index in [9.17, 15) is 4.79 Å². The van der Waals surface area contributed by atoms with Gasteiger partial charge in [-0.2, -0.15) is 0 Å². The molecule has 1 saturated carbocycles. The van der Waals surface area contributed by atoms with Crippen molar-refractivity contribution < 1.29 is 4.79 Å². The number of hydrogen-bond acceptors (Lipinski definition) is 4. The minimum absolute atomic E-state index is 0.00667. The first kappa shape index (κ1) is 18.0. The van der Waals surface area contributed by atoms with Gasteiger partial charge in [0.25, 0.3) is 0 Å². The quantitative estimate of drug-likeness (QED) is 0.803. The van der Waals surface area contributed by atoms with Gasteiger partial charge in [-0.1, -0.05) is 48.7 Å². The lowest BCUT2D eigenvalue weighted by atomic mass is 9.95. The molecular formula is C19H26N4OS. The molecule has 1 heterocycles. The molecule has 1 amide bonds. The van der Waals surface area contributed by atoms with Crippen LogP contribution in [0.1, 0.15) is 55.1 Å². The standard InChI is InChI=1S/C19H26N4OS/c1-13-9-10-17(14(2)11-13)20-18(24)12-25-19-22-21-15(3)23(19)16-7-5-4-6-8-16/h9-11,16H,4-8,12H2,1-3H3,(H,20,24). The number of aryl methyl sites for hydroxylation is 3. The molecule has 0 bridgehead atoms. The van der Waals surface area contributed by atoms with Gasteiger partial charge in [-0.05, 0) is 45.2 Å². The van der Waals surface area contributed by atoms with Gasteiger partial charge in [0.2, 0.25) is 5.91 Å². The molecule has 0 saturated heterocycles. The highest BCUT2D eigenvalue weighted by atomic mass is 32.2. The molecule has 1 aliphatic rings. The summed E-state index contributed by atoms with van der Waals surface area (Å²) in [6, 6.07) is 6.53. The van der Waals surface area contributed by atoms with E-state index >= 15 is 0 Å². The number of nitrogens with zero attached hydrogens (tertiary/aromatic N) is 3. The van der Waals surface area contributed by atoms with Gasteiger partial charge in [0.15, 0.2) is 5.16 Å². The largest absolute Gasteiger partial charge is 0.325 e. The minimum atomic E-state index is -0.00667. The molecule has 0 spiro atoms. The summed E-state index contributed by atoms with van der Waals surface area (Å²) < 4.78 is 2.23. The maximum absolute atomic E-state index is 12.3. The van der Waals surface area contributed by atoms with Crippen molar-refractivity contribution in [3.63, 3.8) is 0 Å². The highest BCUT2D eigenvalue weighted by molar-refractivity contribution is 7.99. The molecule has 1 aromatic heterocycles. The lowest BCUT2D eigenvalue weighted by molar-refractivity contribution is -0.113. The Labute approximate surface area is 153 Å². The van der Waals surface area contributed by atoms with Crippen molar-refractivity contribution in [2.45, 2.75) is 64.1 Å². The summed E-state index contributed by atoms with van der Waals surface area (Å²) in [4.78, 5) is 12.3. The number of hydrogen-bond donors (Lipinski definition) is 1. The minimum Gasteiger partial charge on any atom is -0.325 e. The molecular weight excluding hydrogens is 332 g/mol. The predicted octanol–water partition coefficient (Wildman–Crippen LogP) is 4.44. The highest BCUT2D eigenvalue weighted by Gasteiger charge is 2.21. The zero-order chi connectivity index (χ0) is 17.8. The fourth-order valence-corrected chi connectivity index (χ4v) is 4.33. The van der Waals surface area contributed by atoms with Crippen LogP contribution < -0.4 is 5.32 Å².